The summed E-state index contributed by atoms with van der Waals surface area (Å²) in [4.78, 5) is 2.25. The van der Waals surface area contributed by atoms with E-state index in [1.165, 1.54) is 4.31 Å². The van der Waals surface area contributed by atoms with E-state index in [2.05, 4.69) is 0 Å². The van der Waals surface area contributed by atoms with Crippen LogP contribution in [0.1, 0.15) is 11.1 Å². The third-order valence-electron chi connectivity index (χ3n) is 3.03. The van der Waals surface area contributed by atoms with E-state index in [0.29, 0.717) is 23.9 Å². The van der Waals surface area contributed by atoms with Crippen LogP contribution in [-0.4, -0.2) is 51.9 Å². The molecule has 4 nitrogen and oxygen atoms in total. The van der Waals surface area contributed by atoms with E-state index < -0.39 is 10.0 Å². The van der Waals surface area contributed by atoms with Crippen LogP contribution in [-0.2, 0) is 15.9 Å². The lowest BCUT2D eigenvalue weighted by Gasteiger charge is -2.20. The van der Waals surface area contributed by atoms with Crippen molar-refractivity contribution >= 4 is 21.6 Å². The molecule has 108 valence electrons. The Bertz CT molecular complexity index is 529. The zero-order valence-electron chi connectivity index (χ0n) is 11.9. The lowest BCUT2D eigenvalue weighted by Crippen LogP contribution is -2.33. The predicted molar refractivity (Wildman–Crippen MR) is 79.1 cm³/mol. The zero-order chi connectivity index (χ0) is 14.6. The maximum absolute atomic E-state index is 12.4. The fourth-order valence-corrected chi connectivity index (χ4v) is 3.09. The van der Waals surface area contributed by atoms with Gasteiger partial charge in [0.1, 0.15) is 0 Å². The molecule has 0 radical (unpaired) electrons. The lowest BCUT2D eigenvalue weighted by molar-refractivity contribution is 0.358. The number of nitrogens with zero attached hydrogens (tertiary/aromatic N) is 2. The van der Waals surface area contributed by atoms with Gasteiger partial charge in [0.25, 0.3) is 0 Å². The third kappa shape index (κ3) is 4.18. The molecule has 0 aliphatic heterocycles. The second kappa shape index (κ2) is 6.70. The highest BCUT2D eigenvalue weighted by atomic mass is 35.5. The molecule has 0 atom stereocenters. The Morgan fingerprint density at radius 3 is 2.32 bits per heavy atom. The maximum Gasteiger partial charge on any atom is 0.242 e. The summed E-state index contributed by atoms with van der Waals surface area (Å²) in [5.41, 5.74) is 1.86. The summed E-state index contributed by atoms with van der Waals surface area (Å²) in [6.45, 7) is 3.06. The van der Waals surface area contributed by atoms with E-state index in [9.17, 15) is 8.42 Å². The van der Waals surface area contributed by atoms with Gasteiger partial charge in [0.15, 0.2) is 0 Å². The van der Waals surface area contributed by atoms with Crippen molar-refractivity contribution < 1.29 is 8.42 Å². The summed E-state index contributed by atoms with van der Waals surface area (Å²) in [6.07, 6.45) is 0. The largest absolute Gasteiger partial charge is 0.308 e. The molecule has 6 heteroatoms. The van der Waals surface area contributed by atoms with Crippen LogP contribution >= 0.6 is 11.6 Å². The highest BCUT2D eigenvalue weighted by Crippen LogP contribution is 2.19. The van der Waals surface area contributed by atoms with E-state index in [1.54, 1.807) is 25.2 Å². The number of halogens is 1. The molecule has 0 saturated heterocycles. The standard InChI is InChI=1S/C13H21ClN2O2S/c1-11-5-6-13(9-12(11)10-14)19(17,18)16(4)8-7-15(2)3/h5-6,9H,7-8,10H2,1-4H3. The fraction of sp³-hybridized carbons (Fsp3) is 0.538. The van der Waals surface area contributed by atoms with Crippen LogP contribution in [0.2, 0.25) is 0 Å². The number of hydrogen-bond donors (Lipinski definition) is 0. The van der Waals surface area contributed by atoms with Gasteiger partial charge in [-0.3, -0.25) is 0 Å². The second-order valence-electron chi connectivity index (χ2n) is 4.85. The molecule has 0 aliphatic rings. The lowest BCUT2D eigenvalue weighted by atomic mass is 10.1. The summed E-state index contributed by atoms with van der Waals surface area (Å²) < 4.78 is 26.1. The van der Waals surface area contributed by atoms with Crippen LogP contribution in [0.25, 0.3) is 0 Å². The topological polar surface area (TPSA) is 40.6 Å². The molecule has 0 spiro atoms. The minimum absolute atomic E-state index is 0.301. The van der Waals surface area contributed by atoms with Crippen molar-refractivity contribution in [1.82, 2.24) is 9.21 Å². The molecule has 19 heavy (non-hydrogen) atoms. The number of rotatable bonds is 6. The predicted octanol–water partition coefficient (Wildman–Crippen LogP) is 1.92. The van der Waals surface area contributed by atoms with E-state index in [-0.39, 0.29) is 0 Å². The first kappa shape index (κ1) is 16.4. The van der Waals surface area contributed by atoms with Gasteiger partial charge in [-0.2, -0.15) is 4.31 Å². The Morgan fingerprint density at radius 2 is 1.79 bits per heavy atom. The average Bonchev–Trinajstić information content (AvgIpc) is 2.35. The van der Waals surface area contributed by atoms with Gasteiger partial charge in [0.05, 0.1) is 4.90 Å². The quantitative estimate of drug-likeness (QED) is 0.754. The zero-order valence-corrected chi connectivity index (χ0v) is 13.4. The number of sulfonamides is 1. The molecular formula is C13H21ClN2O2S. The Morgan fingerprint density at radius 1 is 1.16 bits per heavy atom. The summed E-state index contributed by atoms with van der Waals surface area (Å²) in [6, 6.07) is 5.08. The minimum atomic E-state index is -3.44. The second-order valence-corrected chi connectivity index (χ2v) is 7.16. The summed E-state index contributed by atoms with van der Waals surface area (Å²) >= 11 is 5.82. The van der Waals surface area contributed by atoms with Crippen molar-refractivity contribution in [1.29, 1.82) is 0 Å². The van der Waals surface area contributed by atoms with E-state index in [1.807, 2.05) is 25.9 Å². The van der Waals surface area contributed by atoms with E-state index in [4.69, 9.17) is 11.6 Å². The molecule has 0 heterocycles. The maximum atomic E-state index is 12.4. The minimum Gasteiger partial charge on any atom is -0.308 e. The van der Waals surface area contributed by atoms with E-state index >= 15 is 0 Å². The first-order valence-electron chi connectivity index (χ1n) is 6.05. The van der Waals surface area contributed by atoms with Gasteiger partial charge in [0, 0.05) is 26.0 Å². The van der Waals surface area contributed by atoms with Gasteiger partial charge < -0.3 is 4.90 Å². The Balaban J connectivity index is 2.99. The van der Waals surface area contributed by atoms with Gasteiger partial charge in [-0.15, -0.1) is 11.6 Å². The van der Waals surface area contributed by atoms with Crippen molar-refractivity contribution in [3.63, 3.8) is 0 Å². The first-order chi connectivity index (χ1) is 8.78. The third-order valence-corrected chi connectivity index (χ3v) is 5.18. The number of hydrogen-bond acceptors (Lipinski definition) is 3. The summed E-state index contributed by atoms with van der Waals surface area (Å²) in [5.74, 6) is 0.316. The fourth-order valence-electron chi connectivity index (χ4n) is 1.59. The van der Waals surface area contributed by atoms with Gasteiger partial charge >= 0.3 is 0 Å². The number of alkyl halides is 1. The van der Waals surface area contributed by atoms with E-state index in [0.717, 1.165) is 11.1 Å². The van der Waals surface area contributed by atoms with Crippen LogP contribution in [0.5, 0.6) is 0 Å². The van der Waals surface area contributed by atoms with Gasteiger partial charge in [-0.25, -0.2) is 8.42 Å². The van der Waals surface area contributed by atoms with Crippen LogP contribution in [0.3, 0.4) is 0 Å². The van der Waals surface area contributed by atoms with Crippen LogP contribution in [0, 0.1) is 6.92 Å². The normalized spacial score (nSPS) is 12.4. The summed E-state index contributed by atoms with van der Waals surface area (Å²) in [7, 11) is 1.99. The number of benzene rings is 1. The molecule has 0 amide bonds. The summed E-state index contributed by atoms with van der Waals surface area (Å²) in [5, 5.41) is 0. The highest BCUT2D eigenvalue weighted by Gasteiger charge is 2.21. The smallest absolute Gasteiger partial charge is 0.242 e. The van der Waals surface area contributed by atoms with Gasteiger partial charge in [0.2, 0.25) is 10.0 Å². The molecule has 1 aromatic rings. The Hall–Kier alpha value is -0.620. The molecule has 1 aromatic carbocycles. The van der Waals surface area contributed by atoms with Crippen LogP contribution in [0.15, 0.2) is 23.1 Å². The molecule has 0 unspecified atom stereocenters. The van der Waals surface area contributed by atoms with Crippen molar-refractivity contribution in [3.8, 4) is 0 Å². The first-order valence-corrected chi connectivity index (χ1v) is 8.03. The average molecular weight is 305 g/mol. The monoisotopic (exact) mass is 304 g/mol. The van der Waals surface area contributed by atoms with Crippen LogP contribution < -0.4 is 0 Å². The SMILES string of the molecule is Cc1ccc(S(=O)(=O)N(C)CCN(C)C)cc1CCl. The van der Waals surface area contributed by atoms with Crippen molar-refractivity contribution in [3.05, 3.63) is 29.3 Å². The number of aryl methyl sites for hydroxylation is 1. The van der Waals surface area contributed by atoms with Gasteiger partial charge in [-0.1, -0.05) is 6.07 Å². The van der Waals surface area contributed by atoms with Crippen molar-refractivity contribution in [2.75, 3.05) is 34.2 Å². The molecule has 0 aromatic heterocycles. The Kier molecular flexibility index (Phi) is 5.80. The molecule has 0 N–H and O–H groups in total. The molecule has 0 saturated carbocycles. The molecular weight excluding hydrogens is 284 g/mol. The molecule has 0 bridgehead atoms. The Labute approximate surface area is 121 Å². The van der Waals surface area contributed by atoms with Crippen molar-refractivity contribution in [2.24, 2.45) is 0 Å². The van der Waals surface area contributed by atoms with Crippen molar-refractivity contribution in [2.45, 2.75) is 17.7 Å². The molecule has 0 fully saturated rings. The van der Waals surface area contributed by atoms with Crippen LogP contribution in [0.4, 0.5) is 0 Å². The van der Waals surface area contributed by atoms with Gasteiger partial charge in [-0.05, 0) is 44.3 Å². The highest BCUT2D eigenvalue weighted by molar-refractivity contribution is 7.89. The molecule has 0 aliphatic carbocycles. The number of likely N-dealkylation sites (N-methyl/N-ethyl adjacent to an activating group) is 2. The molecule has 1 rings (SSSR count).